The molecule has 0 aliphatic heterocycles. The number of nitrogens with one attached hydrogen (secondary N) is 1. The summed E-state index contributed by atoms with van der Waals surface area (Å²) in [6, 6.07) is 8.20. The lowest BCUT2D eigenvalue weighted by Crippen LogP contribution is -2.18. The molecule has 1 aromatic carbocycles. The third kappa shape index (κ3) is 2.71. The van der Waals surface area contributed by atoms with Crippen LogP contribution in [0.25, 0.3) is 0 Å². The second kappa shape index (κ2) is 5.21. The Morgan fingerprint density at radius 1 is 1.47 bits per heavy atom. The van der Waals surface area contributed by atoms with Gasteiger partial charge in [0.05, 0.1) is 11.4 Å². The van der Waals surface area contributed by atoms with Gasteiger partial charge >= 0.3 is 0 Å². The fraction of sp³-hybridized carbons (Fsp3) is 0.0833. The van der Waals surface area contributed by atoms with Gasteiger partial charge in [0.15, 0.2) is 5.84 Å². The predicted molar refractivity (Wildman–Crippen MR) is 68.1 cm³/mol. The highest BCUT2D eigenvalue weighted by Gasteiger charge is 2.14. The van der Waals surface area contributed by atoms with Gasteiger partial charge in [-0.3, -0.25) is 4.79 Å². The molecule has 1 aromatic heterocycles. The van der Waals surface area contributed by atoms with Gasteiger partial charge < -0.3 is 20.8 Å². The number of amidine groups is 1. The first-order chi connectivity index (χ1) is 9.11. The SMILES string of the molecule is Cc1cc(C(=O)Nc2ccccc2C(N)=NO)on1. The lowest BCUT2D eigenvalue weighted by Gasteiger charge is -2.08. The van der Waals surface area contributed by atoms with E-state index in [-0.39, 0.29) is 11.6 Å². The third-order valence-electron chi connectivity index (χ3n) is 2.41. The Balaban J connectivity index is 2.27. The van der Waals surface area contributed by atoms with E-state index < -0.39 is 5.91 Å². The number of carbonyl (C=O) groups is 1. The molecule has 0 bridgehead atoms. The molecule has 7 heteroatoms. The van der Waals surface area contributed by atoms with Crippen molar-refractivity contribution in [3.8, 4) is 0 Å². The van der Waals surface area contributed by atoms with Crippen LogP contribution in [0.5, 0.6) is 0 Å². The molecule has 4 N–H and O–H groups in total. The first-order valence-electron chi connectivity index (χ1n) is 5.43. The highest BCUT2D eigenvalue weighted by atomic mass is 16.5. The summed E-state index contributed by atoms with van der Waals surface area (Å²) in [6.45, 7) is 1.71. The number of carbonyl (C=O) groups excluding carboxylic acids is 1. The van der Waals surface area contributed by atoms with E-state index in [1.54, 1.807) is 31.2 Å². The topological polar surface area (TPSA) is 114 Å². The van der Waals surface area contributed by atoms with Gasteiger partial charge in [0.1, 0.15) is 0 Å². The Morgan fingerprint density at radius 2 is 2.21 bits per heavy atom. The molecular formula is C12H12N4O3. The Bertz CT molecular complexity index is 633. The lowest BCUT2D eigenvalue weighted by atomic mass is 10.1. The molecule has 2 aromatic rings. The van der Waals surface area contributed by atoms with Crippen molar-refractivity contribution in [1.82, 2.24) is 5.16 Å². The van der Waals surface area contributed by atoms with Crippen LogP contribution in [-0.2, 0) is 0 Å². The van der Waals surface area contributed by atoms with Crippen molar-refractivity contribution < 1.29 is 14.5 Å². The number of nitrogens with two attached hydrogens (primary N) is 1. The molecular weight excluding hydrogens is 248 g/mol. The lowest BCUT2D eigenvalue weighted by molar-refractivity contribution is 0.0988. The fourth-order valence-corrected chi connectivity index (χ4v) is 1.52. The van der Waals surface area contributed by atoms with E-state index in [0.717, 1.165) is 0 Å². The molecule has 0 aliphatic rings. The minimum absolute atomic E-state index is 0.0896. The van der Waals surface area contributed by atoms with Crippen LogP contribution >= 0.6 is 0 Å². The molecule has 0 saturated carbocycles. The molecule has 0 aliphatic carbocycles. The van der Waals surface area contributed by atoms with Gasteiger partial charge in [-0.15, -0.1) is 0 Å². The van der Waals surface area contributed by atoms with Crippen molar-refractivity contribution in [2.24, 2.45) is 10.9 Å². The van der Waals surface area contributed by atoms with Gasteiger partial charge in [0.25, 0.3) is 5.91 Å². The molecule has 7 nitrogen and oxygen atoms in total. The minimum Gasteiger partial charge on any atom is -0.409 e. The third-order valence-corrected chi connectivity index (χ3v) is 2.41. The molecule has 0 radical (unpaired) electrons. The van der Waals surface area contributed by atoms with Gasteiger partial charge in [-0.25, -0.2) is 0 Å². The Labute approximate surface area is 108 Å². The van der Waals surface area contributed by atoms with E-state index >= 15 is 0 Å². The summed E-state index contributed by atoms with van der Waals surface area (Å²) in [4.78, 5) is 11.9. The summed E-state index contributed by atoms with van der Waals surface area (Å²) in [5.41, 5.74) is 6.96. The zero-order valence-electron chi connectivity index (χ0n) is 10.1. The van der Waals surface area contributed by atoms with Gasteiger partial charge in [0, 0.05) is 11.6 Å². The normalized spacial score (nSPS) is 11.3. The van der Waals surface area contributed by atoms with Gasteiger partial charge in [0.2, 0.25) is 5.76 Å². The number of benzene rings is 1. The van der Waals surface area contributed by atoms with Crippen LogP contribution in [-0.4, -0.2) is 22.1 Å². The summed E-state index contributed by atoms with van der Waals surface area (Å²) in [5, 5.41) is 17.8. The highest BCUT2D eigenvalue weighted by Crippen LogP contribution is 2.16. The number of para-hydroxylation sites is 1. The van der Waals surface area contributed by atoms with Crippen molar-refractivity contribution in [3.05, 3.63) is 47.3 Å². The predicted octanol–water partition coefficient (Wildman–Crippen LogP) is 1.33. The minimum atomic E-state index is -0.459. The second-order valence-corrected chi connectivity index (χ2v) is 3.82. The smallest absolute Gasteiger partial charge is 0.294 e. The zero-order valence-corrected chi connectivity index (χ0v) is 10.1. The average Bonchev–Trinajstić information content (AvgIpc) is 2.85. The summed E-state index contributed by atoms with van der Waals surface area (Å²) in [6.07, 6.45) is 0. The average molecular weight is 260 g/mol. The van der Waals surface area contributed by atoms with E-state index in [2.05, 4.69) is 15.6 Å². The second-order valence-electron chi connectivity index (χ2n) is 3.82. The van der Waals surface area contributed by atoms with Crippen molar-refractivity contribution in [1.29, 1.82) is 0 Å². The number of nitrogens with zero attached hydrogens (tertiary/aromatic N) is 2. The number of rotatable bonds is 3. The van der Waals surface area contributed by atoms with Gasteiger partial charge in [-0.2, -0.15) is 0 Å². The Morgan fingerprint density at radius 3 is 2.84 bits per heavy atom. The van der Waals surface area contributed by atoms with Crippen LogP contribution in [0, 0.1) is 6.92 Å². The van der Waals surface area contributed by atoms with Crippen molar-refractivity contribution in [2.75, 3.05) is 5.32 Å². The molecule has 1 heterocycles. The summed E-state index contributed by atoms with van der Waals surface area (Å²) in [7, 11) is 0. The molecule has 0 atom stereocenters. The first-order valence-corrected chi connectivity index (χ1v) is 5.43. The van der Waals surface area contributed by atoms with E-state index in [1.807, 2.05) is 0 Å². The monoisotopic (exact) mass is 260 g/mol. The van der Waals surface area contributed by atoms with Crippen LogP contribution < -0.4 is 11.1 Å². The Kier molecular flexibility index (Phi) is 3.46. The van der Waals surface area contributed by atoms with Gasteiger partial charge in [-0.05, 0) is 19.1 Å². The van der Waals surface area contributed by atoms with Gasteiger partial charge in [-0.1, -0.05) is 22.4 Å². The van der Waals surface area contributed by atoms with Crippen LogP contribution in [0.2, 0.25) is 0 Å². The van der Waals surface area contributed by atoms with E-state index in [4.69, 9.17) is 15.5 Å². The number of amides is 1. The number of aryl methyl sites for hydroxylation is 1. The van der Waals surface area contributed by atoms with Crippen molar-refractivity contribution >= 4 is 17.4 Å². The summed E-state index contributed by atoms with van der Waals surface area (Å²) >= 11 is 0. The zero-order chi connectivity index (χ0) is 13.8. The van der Waals surface area contributed by atoms with Crippen LogP contribution in [0.4, 0.5) is 5.69 Å². The molecule has 98 valence electrons. The Hall–Kier alpha value is -2.83. The number of anilines is 1. The van der Waals surface area contributed by atoms with E-state index in [9.17, 15) is 4.79 Å². The first kappa shape index (κ1) is 12.6. The molecule has 1 amide bonds. The molecule has 19 heavy (non-hydrogen) atoms. The largest absolute Gasteiger partial charge is 0.409 e. The number of aromatic nitrogens is 1. The summed E-state index contributed by atoms with van der Waals surface area (Å²) < 4.78 is 4.85. The highest BCUT2D eigenvalue weighted by molar-refractivity contribution is 6.08. The van der Waals surface area contributed by atoms with Crippen LogP contribution in [0.1, 0.15) is 21.8 Å². The standard InChI is InChI=1S/C12H12N4O3/c1-7-6-10(19-16-7)12(17)14-9-5-3-2-4-8(9)11(13)15-18/h2-6,18H,1H3,(H2,13,15)(H,14,17). The van der Waals surface area contributed by atoms with Crippen molar-refractivity contribution in [3.63, 3.8) is 0 Å². The molecule has 2 rings (SSSR count). The molecule has 0 saturated heterocycles. The summed E-state index contributed by atoms with van der Waals surface area (Å²) in [5.74, 6) is -0.463. The quantitative estimate of drug-likeness (QED) is 0.333. The maximum absolute atomic E-state index is 11.9. The molecule has 0 fully saturated rings. The molecule has 0 spiro atoms. The maximum atomic E-state index is 11.9. The van der Waals surface area contributed by atoms with Crippen LogP contribution in [0.15, 0.2) is 40.0 Å². The fourth-order valence-electron chi connectivity index (χ4n) is 1.52. The number of hydrogen-bond acceptors (Lipinski definition) is 5. The van der Waals surface area contributed by atoms with E-state index in [1.165, 1.54) is 6.07 Å². The number of hydrogen-bond donors (Lipinski definition) is 3. The van der Waals surface area contributed by atoms with E-state index in [0.29, 0.717) is 16.9 Å². The van der Waals surface area contributed by atoms with Crippen molar-refractivity contribution in [2.45, 2.75) is 6.92 Å². The van der Waals surface area contributed by atoms with Crippen LogP contribution in [0.3, 0.4) is 0 Å². The molecule has 0 unspecified atom stereocenters. The maximum Gasteiger partial charge on any atom is 0.294 e. The number of oxime groups is 1.